The van der Waals surface area contributed by atoms with E-state index in [1.165, 1.54) is 4.57 Å². The molecule has 0 aliphatic rings. The molecule has 25 heavy (non-hydrogen) atoms. The topological polar surface area (TPSA) is 90.0 Å². The van der Waals surface area contributed by atoms with Gasteiger partial charge in [0, 0.05) is 36.1 Å². The van der Waals surface area contributed by atoms with Crippen LogP contribution in [0.3, 0.4) is 0 Å². The van der Waals surface area contributed by atoms with Gasteiger partial charge in [-0.05, 0) is 19.9 Å². The number of nitrogens with zero attached hydrogens (tertiary/aromatic N) is 3. The zero-order valence-electron chi connectivity index (χ0n) is 14.0. The molecule has 3 aromatic rings. The summed E-state index contributed by atoms with van der Waals surface area (Å²) in [6, 6.07) is 12.8. The van der Waals surface area contributed by atoms with E-state index in [1.807, 2.05) is 43.3 Å². The van der Waals surface area contributed by atoms with Crippen LogP contribution in [-0.4, -0.2) is 27.2 Å². The van der Waals surface area contributed by atoms with Crippen molar-refractivity contribution in [2.75, 3.05) is 6.54 Å². The van der Waals surface area contributed by atoms with E-state index in [2.05, 4.69) is 15.5 Å². The second-order valence-corrected chi connectivity index (χ2v) is 5.67. The van der Waals surface area contributed by atoms with Crippen LogP contribution in [0.25, 0.3) is 11.3 Å². The van der Waals surface area contributed by atoms with Crippen molar-refractivity contribution in [2.24, 2.45) is 0 Å². The predicted octanol–water partition coefficient (Wildman–Crippen LogP) is 1.95. The van der Waals surface area contributed by atoms with Crippen molar-refractivity contribution >= 4 is 5.91 Å². The van der Waals surface area contributed by atoms with Gasteiger partial charge >= 0.3 is 5.69 Å². The van der Waals surface area contributed by atoms with Crippen LogP contribution in [0, 0.1) is 13.8 Å². The third-order valence-corrected chi connectivity index (χ3v) is 3.77. The first kappa shape index (κ1) is 16.6. The first-order valence-electron chi connectivity index (χ1n) is 7.90. The Bertz CT molecular complexity index is 944. The highest BCUT2D eigenvalue weighted by molar-refractivity contribution is 5.93. The normalized spacial score (nSPS) is 10.6. The summed E-state index contributed by atoms with van der Waals surface area (Å²) in [6.07, 6.45) is 0. The molecule has 1 amide bonds. The third-order valence-electron chi connectivity index (χ3n) is 3.77. The van der Waals surface area contributed by atoms with E-state index < -0.39 is 0 Å². The van der Waals surface area contributed by atoms with Gasteiger partial charge in [-0.2, -0.15) is 4.98 Å². The van der Waals surface area contributed by atoms with Crippen molar-refractivity contribution in [3.05, 3.63) is 70.0 Å². The highest BCUT2D eigenvalue weighted by Gasteiger charge is 2.13. The largest absolute Gasteiger partial charge is 0.355 e. The van der Waals surface area contributed by atoms with Crippen LogP contribution in [0.15, 0.2) is 51.8 Å². The van der Waals surface area contributed by atoms with Crippen LogP contribution in [0.5, 0.6) is 0 Å². The van der Waals surface area contributed by atoms with Crippen LogP contribution in [-0.2, 0) is 6.54 Å². The second kappa shape index (κ2) is 7.12. The molecule has 1 aromatic carbocycles. The van der Waals surface area contributed by atoms with Gasteiger partial charge in [-0.25, -0.2) is 4.79 Å². The number of hydrogen-bond acceptors (Lipinski definition) is 5. The van der Waals surface area contributed by atoms with Crippen molar-refractivity contribution in [2.45, 2.75) is 20.4 Å². The first-order valence-corrected chi connectivity index (χ1v) is 7.90. The minimum Gasteiger partial charge on any atom is -0.355 e. The van der Waals surface area contributed by atoms with Crippen molar-refractivity contribution in [3.8, 4) is 11.3 Å². The van der Waals surface area contributed by atoms with E-state index in [9.17, 15) is 9.59 Å². The molecule has 0 fully saturated rings. The highest BCUT2D eigenvalue weighted by Crippen LogP contribution is 2.19. The average molecular weight is 338 g/mol. The maximum atomic E-state index is 12.2. The average Bonchev–Trinajstić information content (AvgIpc) is 3.08. The standard InChI is InChI=1S/C18H18N4O3/c1-12-10-13(2)22(18(24)20-12)9-8-19-17(23)15-11-16(25-21-15)14-6-4-3-5-7-14/h3-7,10-11H,8-9H2,1-2H3,(H,19,23). The number of hydrogen-bond donors (Lipinski definition) is 1. The number of nitrogens with one attached hydrogen (secondary N) is 1. The molecule has 0 aliphatic carbocycles. The van der Waals surface area contributed by atoms with Gasteiger partial charge < -0.3 is 9.84 Å². The number of benzene rings is 1. The number of aryl methyl sites for hydroxylation is 2. The van der Waals surface area contributed by atoms with Gasteiger partial charge in [-0.15, -0.1) is 0 Å². The molecule has 0 radical (unpaired) electrons. The molecule has 0 bridgehead atoms. The minimum absolute atomic E-state index is 0.199. The lowest BCUT2D eigenvalue weighted by molar-refractivity contribution is 0.0943. The molecule has 0 saturated carbocycles. The molecule has 0 atom stereocenters. The van der Waals surface area contributed by atoms with Crippen molar-refractivity contribution in [1.29, 1.82) is 0 Å². The van der Waals surface area contributed by atoms with Crippen LogP contribution in [0.2, 0.25) is 0 Å². The summed E-state index contributed by atoms with van der Waals surface area (Å²) in [5.41, 5.74) is 2.21. The number of amides is 1. The molecule has 0 spiro atoms. The molecule has 128 valence electrons. The SMILES string of the molecule is Cc1cc(C)n(CCNC(=O)c2cc(-c3ccccc3)on2)c(=O)n1. The Morgan fingerprint density at radius 1 is 1.20 bits per heavy atom. The van der Waals surface area contributed by atoms with Gasteiger partial charge in [0.05, 0.1) is 0 Å². The summed E-state index contributed by atoms with van der Waals surface area (Å²) < 4.78 is 6.73. The van der Waals surface area contributed by atoms with E-state index in [-0.39, 0.29) is 23.8 Å². The molecule has 0 unspecified atom stereocenters. The lowest BCUT2D eigenvalue weighted by Crippen LogP contribution is -2.33. The highest BCUT2D eigenvalue weighted by atomic mass is 16.5. The smallest absolute Gasteiger partial charge is 0.348 e. The van der Waals surface area contributed by atoms with Gasteiger partial charge in [-0.3, -0.25) is 9.36 Å². The molecule has 0 saturated heterocycles. The van der Waals surface area contributed by atoms with Crippen molar-refractivity contribution in [1.82, 2.24) is 20.0 Å². The molecule has 3 rings (SSSR count). The number of rotatable bonds is 5. The fraction of sp³-hybridized carbons (Fsp3) is 0.222. The van der Waals surface area contributed by atoms with Gasteiger partial charge in [0.15, 0.2) is 11.5 Å². The second-order valence-electron chi connectivity index (χ2n) is 5.67. The molecular formula is C18H18N4O3. The Balaban J connectivity index is 1.62. The number of carbonyl (C=O) groups excluding carboxylic acids is 1. The van der Waals surface area contributed by atoms with Crippen LogP contribution >= 0.6 is 0 Å². The fourth-order valence-corrected chi connectivity index (χ4v) is 2.54. The van der Waals surface area contributed by atoms with E-state index in [0.29, 0.717) is 18.0 Å². The Morgan fingerprint density at radius 2 is 1.96 bits per heavy atom. The number of aromatic nitrogens is 3. The molecule has 1 N–H and O–H groups in total. The Morgan fingerprint density at radius 3 is 2.68 bits per heavy atom. The third kappa shape index (κ3) is 3.82. The van der Waals surface area contributed by atoms with Crippen molar-refractivity contribution in [3.63, 3.8) is 0 Å². The monoisotopic (exact) mass is 338 g/mol. The Kier molecular flexibility index (Phi) is 4.74. The Labute approximate surface area is 144 Å². The van der Waals surface area contributed by atoms with Gasteiger partial charge in [0.2, 0.25) is 0 Å². The summed E-state index contributed by atoms with van der Waals surface area (Å²) >= 11 is 0. The summed E-state index contributed by atoms with van der Waals surface area (Å²) in [5.74, 6) is 0.178. The predicted molar refractivity (Wildman–Crippen MR) is 92.2 cm³/mol. The molecule has 7 nitrogen and oxygen atoms in total. The minimum atomic E-state index is -0.350. The molecule has 7 heteroatoms. The van der Waals surface area contributed by atoms with E-state index in [4.69, 9.17) is 4.52 Å². The summed E-state index contributed by atoms with van der Waals surface area (Å²) in [6.45, 7) is 4.24. The van der Waals surface area contributed by atoms with E-state index in [1.54, 1.807) is 13.0 Å². The molecule has 2 aromatic heterocycles. The van der Waals surface area contributed by atoms with Crippen LogP contribution in [0.1, 0.15) is 21.9 Å². The summed E-state index contributed by atoms with van der Waals surface area (Å²) in [5, 5.41) is 6.53. The summed E-state index contributed by atoms with van der Waals surface area (Å²) in [7, 11) is 0. The van der Waals surface area contributed by atoms with Gasteiger partial charge in [0.25, 0.3) is 5.91 Å². The zero-order chi connectivity index (χ0) is 17.8. The van der Waals surface area contributed by atoms with E-state index in [0.717, 1.165) is 11.3 Å². The lowest BCUT2D eigenvalue weighted by atomic mass is 10.1. The van der Waals surface area contributed by atoms with Gasteiger partial charge in [0.1, 0.15) is 0 Å². The summed E-state index contributed by atoms with van der Waals surface area (Å²) in [4.78, 5) is 27.9. The Hall–Kier alpha value is -3.22. The molecule has 0 aliphatic heterocycles. The fourth-order valence-electron chi connectivity index (χ4n) is 2.54. The molecule has 2 heterocycles. The lowest BCUT2D eigenvalue weighted by Gasteiger charge is -2.09. The number of carbonyl (C=O) groups is 1. The van der Waals surface area contributed by atoms with Crippen LogP contribution < -0.4 is 11.0 Å². The zero-order valence-corrected chi connectivity index (χ0v) is 14.0. The molecular weight excluding hydrogens is 320 g/mol. The van der Waals surface area contributed by atoms with Crippen molar-refractivity contribution < 1.29 is 9.32 Å². The van der Waals surface area contributed by atoms with Gasteiger partial charge in [-0.1, -0.05) is 35.5 Å². The first-order chi connectivity index (χ1) is 12.0. The van der Waals surface area contributed by atoms with Crippen LogP contribution in [0.4, 0.5) is 0 Å². The maximum absolute atomic E-state index is 12.2. The van der Waals surface area contributed by atoms with E-state index >= 15 is 0 Å². The quantitative estimate of drug-likeness (QED) is 0.768. The maximum Gasteiger partial charge on any atom is 0.348 e.